The number of anilines is 1. The van der Waals surface area contributed by atoms with Gasteiger partial charge in [0.15, 0.2) is 5.01 Å². The van der Waals surface area contributed by atoms with Crippen LogP contribution in [-0.4, -0.2) is 23.2 Å². The van der Waals surface area contributed by atoms with Gasteiger partial charge >= 0.3 is 0 Å². The van der Waals surface area contributed by atoms with Crippen molar-refractivity contribution in [2.24, 2.45) is 0 Å². The van der Waals surface area contributed by atoms with Gasteiger partial charge in [0.25, 0.3) is 0 Å². The van der Waals surface area contributed by atoms with Crippen LogP contribution in [0.3, 0.4) is 0 Å². The van der Waals surface area contributed by atoms with E-state index in [4.69, 9.17) is 4.74 Å². The highest BCUT2D eigenvalue weighted by atomic mass is 32.1. The van der Waals surface area contributed by atoms with Gasteiger partial charge in [0, 0.05) is 0 Å². The van der Waals surface area contributed by atoms with Crippen LogP contribution in [0.2, 0.25) is 0 Å². The largest absolute Gasteiger partial charge is 0.497 e. The summed E-state index contributed by atoms with van der Waals surface area (Å²) >= 11 is 2.97. The van der Waals surface area contributed by atoms with Gasteiger partial charge in [0.05, 0.1) is 18.4 Å². The van der Waals surface area contributed by atoms with E-state index in [1.54, 1.807) is 18.4 Å². The van der Waals surface area contributed by atoms with Crippen molar-refractivity contribution in [3.05, 3.63) is 47.3 Å². The molecule has 0 radical (unpaired) electrons. The fourth-order valence-electron chi connectivity index (χ4n) is 1.87. The van der Waals surface area contributed by atoms with Crippen molar-refractivity contribution < 1.29 is 9.53 Å². The summed E-state index contributed by atoms with van der Waals surface area (Å²) in [5.41, 5.74) is 0.918. The van der Waals surface area contributed by atoms with E-state index in [-0.39, 0.29) is 12.3 Å². The minimum atomic E-state index is -0.112. The first-order chi connectivity index (χ1) is 10.7. The average molecular weight is 331 g/mol. The minimum absolute atomic E-state index is 0.112. The molecule has 0 bridgehead atoms. The van der Waals surface area contributed by atoms with Gasteiger partial charge in [-0.25, -0.2) is 0 Å². The van der Waals surface area contributed by atoms with Crippen molar-refractivity contribution in [1.82, 2.24) is 10.2 Å². The Balaban J connectivity index is 1.61. The molecular formula is C15H13N3O2S2. The second-order valence-electron chi connectivity index (χ2n) is 4.46. The van der Waals surface area contributed by atoms with E-state index in [9.17, 15) is 4.79 Å². The highest BCUT2D eigenvalue weighted by Crippen LogP contribution is 2.29. The number of rotatable bonds is 5. The zero-order valence-corrected chi connectivity index (χ0v) is 13.4. The van der Waals surface area contributed by atoms with Crippen LogP contribution in [0.1, 0.15) is 5.56 Å². The normalized spacial score (nSPS) is 10.4. The van der Waals surface area contributed by atoms with Crippen LogP contribution in [0.5, 0.6) is 5.75 Å². The van der Waals surface area contributed by atoms with Gasteiger partial charge in [-0.2, -0.15) is 0 Å². The fourth-order valence-corrected chi connectivity index (χ4v) is 3.42. The summed E-state index contributed by atoms with van der Waals surface area (Å²) in [7, 11) is 1.61. The molecule has 0 fully saturated rings. The molecule has 112 valence electrons. The van der Waals surface area contributed by atoms with Crippen LogP contribution in [0, 0.1) is 0 Å². The standard InChI is InChI=1S/C15H13N3O2S2/c1-20-11-6-4-10(5-7-11)9-13(19)16-15-18-17-14(22-15)12-3-2-8-21-12/h2-8H,9H2,1H3,(H,16,18,19). The van der Waals surface area contributed by atoms with Gasteiger partial charge in [-0.05, 0) is 29.1 Å². The number of carbonyl (C=O) groups is 1. The monoisotopic (exact) mass is 331 g/mol. The molecule has 7 heteroatoms. The fraction of sp³-hybridized carbons (Fsp3) is 0.133. The van der Waals surface area contributed by atoms with Crippen LogP contribution < -0.4 is 10.1 Å². The van der Waals surface area contributed by atoms with E-state index >= 15 is 0 Å². The number of aromatic nitrogens is 2. The highest BCUT2D eigenvalue weighted by molar-refractivity contribution is 7.23. The molecule has 0 aliphatic heterocycles. The van der Waals surface area contributed by atoms with Crippen molar-refractivity contribution in [3.63, 3.8) is 0 Å². The predicted molar refractivity (Wildman–Crippen MR) is 88.5 cm³/mol. The second kappa shape index (κ2) is 6.67. The van der Waals surface area contributed by atoms with Crippen LogP contribution in [0.15, 0.2) is 41.8 Å². The Kier molecular flexibility index (Phi) is 4.45. The van der Waals surface area contributed by atoms with Gasteiger partial charge in [0.1, 0.15) is 5.75 Å². The summed E-state index contributed by atoms with van der Waals surface area (Å²) in [6.07, 6.45) is 0.290. The molecule has 5 nitrogen and oxygen atoms in total. The number of hydrogen-bond acceptors (Lipinski definition) is 6. The van der Waals surface area contributed by atoms with Crippen molar-refractivity contribution >= 4 is 33.7 Å². The summed E-state index contributed by atoms with van der Waals surface area (Å²) in [4.78, 5) is 13.1. The van der Waals surface area contributed by atoms with E-state index in [0.29, 0.717) is 5.13 Å². The van der Waals surface area contributed by atoms with Crippen LogP contribution in [0.25, 0.3) is 9.88 Å². The Morgan fingerprint density at radius 2 is 2.05 bits per heavy atom. The molecule has 3 rings (SSSR count). The smallest absolute Gasteiger partial charge is 0.230 e. The quantitative estimate of drug-likeness (QED) is 0.778. The lowest BCUT2D eigenvalue weighted by molar-refractivity contribution is -0.115. The molecule has 0 saturated carbocycles. The molecule has 0 saturated heterocycles. The average Bonchev–Trinajstić information content (AvgIpc) is 3.19. The van der Waals surface area contributed by atoms with E-state index in [1.165, 1.54) is 11.3 Å². The molecule has 0 aliphatic rings. The number of methoxy groups -OCH3 is 1. The predicted octanol–water partition coefficient (Wildman–Crippen LogP) is 3.46. The lowest BCUT2D eigenvalue weighted by atomic mass is 10.1. The Morgan fingerprint density at radius 1 is 1.23 bits per heavy atom. The zero-order valence-electron chi connectivity index (χ0n) is 11.8. The maximum Gasteiger partial charge on any atom is 0.230 e. The van der Waals surface area contributed by atoms with Crippen LogP contribution in [-0.2, 0) is 11.2 Å². The molecule has 2 aromatic heterocycles. The van der Waals surface area contributed by atoms with Crippen molar-refractivity contribution in [2.45, 2.75) is 6.42 Å². The first-order valence-electron chi connectivity index (χ1n) is 6.55. The molecule has 0 aliphatic carbocycles. The first kappa shape index (κ1) is 14.7. The Bertz CT molecular complexity index is 751. The summed E-state index contributed by atoms with van der Waals surface area (Å²) in [6.45, 7) is 0. The van der Waals surface area contributed by atoms with Crippen molar-refractivity contribution in [2.75, 3.05) is 12.4 Å². The molecule has 22 heavy (non-hydrogen) atoms. The number of hydrogen-bond donors (Lipinski definition) is 1. The third-order valence-electron chi connectivity index (χ3n) is 2.93. The molecule has 2 heterocycles. The third-order valence-corrected chi connectivity index (χ3v) is 4.80. The Hall–Kier alpha value is -2.25. The molecule has 1 aromatic carbocycles. The number of carbonyl (C=O) groups excluding carboxylic acids is 1. The summed E-state index contributed by atoms with van der Waals surface area (Å²) in [5.74, 6) is 0.660. The Morgan fingerprint density at radius 3 is 2.73 bits per heavy atom. The van der Waals surface area contributed by atoms with Gasteiger partial charge in [-0.1, -0.05) is 29.5 Å². The summed E-state index contributed by atoms with van der Waals surface area (Å²) in [5, 5.41) is 14.2. The van der Waals surface area contributed by atoms with Crippen LogP contribution in [0.4, 0.5) is 5.13 Å². The highest BCUT2D eigenvalue weighted by Gasteiger charge is 2.10. The number of amides is 1. The number of nitrogens with zero attached hydrogens (tertiary/aromatic N) is 2. The molecular weight excluding hydrogens is 318 g/mol. The van der Waals surface area contributed by atoms with Crippen molar-refractivity contribution in [1.29, 1.82) is 0 Å². The molecule has 1 amide bonds. The Labute approximate surface area is 135 Å². The molecule has 0 atom stereocenters. The first-order valence-corrected chi connectivity index (χ1v) is 8.24. The topological polar surface area (TPSA) is 64.1 Å². The van der Waals surface area contributed by atoms with E-state index < -0.39 is 0 Å². The second-order valence-corrected chi connectivity index (χ2v) is 6.39. The lowest BCUT2D eigenvalue weighted by Gasteiger charge is -2.03. The summed E-state index contributed by atoms with van der Waals surface area (Å²) < 4.78 is 5.09. The van der Waals surface area contributed by atoms with E-state index in [2.05, 4.69) is 15.5 Å². The molecule has 0 unspecified atom stereocenters. The maximum absolute atomic E-state index is 12.0. The van der Waals surface area contributed by atoms with E-state index in [0.717, 1.165) is 21.2 Å². The number of thiophene rings is 1. The van der Waals surface area contributed by atoms with Crippen LogP contribution >= 0.6 is 22.7 Å². The summed E-state index contributed by atoms with van der Waals surface area (Å²) in [6, 6.07) is 11.4. The number of benzene rings is 1. The number of nitrogens with one attached hydrogen (secondary N) is 1. The van der Waals surface area contributed by atoms with Gasteiger partial charge in [-0.15, -0.1) is 21.5 Å². The zero-order chi connectivity index (χ0) is 15.4. The maximum atomic E-state index is 12.0. The molecule has 0 spiro atoms. The van der Waals surface area contributed by atoms with E-state index in [1.807, 2.05) is 41.8 Å². The third kappa shape index (κ3) is 3.49. The van der Waals surface area contributed by atoms with Crippen molar-refractivity contribution in [3.8, 4) is 15.6 Å². The lowest BCUT2D eigenvalue weighted by Crippen LogP contribution is -2.14. The molecule has 3 aromatic rings. The number of ether oxygens (including phenoxy) is 1. The minimum Gasteiger partial charge on any atom is -0.497 e. The van der Waals surface area contributed by atoms with Gasteiger partial charge in [-0.3, -0.25) is 4.79 Å². The molecule has 1 N–H and O–H groups in total. The SMILES string of the molecule is COc1ccc(CC(=O)Nc2nnc(-c3cccs3)s2)cc1. The van der Waals surface area contributed by atoms with Gasteiger partial charge in [0.2, 0.25) is 11.0 Å². The van der Waals surface area contributed by atoms with Gasteiger partial charge < -0.3 is 10.1 Å².